The highest BCUT2D eigenvalue weighted by molar-refractivity contribution is 9.10. The largest absolute Gasteiger partial charge is 0.483 e. The standard InChI is InChI=1S/C20H21BrN2O3/c1-14-12-16(21)6-9-18(14)26-13-19(24)22-17-7-4-15(5-8-17)20(25)23-10-2-3-11-23/h4-9,12H,2-3,10-11,13H2,1H3,(H,22,24). The van der Waals surface area contributed by atoms with Crippen molar-refractivity contribution in [2.45, 2.75) is 19.8 Å². The summed E-state index contributed by atoms with van der Waals surface area (Å²) in [4.78, 5) is 26.2. The molecule has 26 heavy (non-hydrogen) atoms. The zero-order valence-corrected chi connectivity index (χ0v) is 16.2. The fraction of sp³-hybridized carbons (Fsp3) is 0.300. The average molecular weight is 417 g/mol. The third kappa shape index (κ3) is 4.64. The number of rotatable bonds is 5. The Morgan fingerprint density at radius 1 is 1.12 bits per heavy atom. The maximum atomic E-state index is 12.3. The fourth-order valence-corrected chi connectivity index (χ4v) is 3.39. The van der Waals surface area contributed by atoms with Gasteiger partial charge in [0.2, 0.25) is 0 Å². The molecule has 0 saturated carbocycles. The Labute approximate surface area is 161 Å². The Morgan fingerprint density at radius 2 is 1.81 bits per heavy atom. The first-order chi connectivity index (χ1) is 12.5. The van der Waals surface area contributed by atoms with Crippen LogP contribution in [0.15, 0.2) is 46.9 Å². The summed E-state index contributed by atoms with van der Waals surface area (Å²) in [6, 6.07) is 12.6. The topological polar surface area (TPSA) is 58.6 Å². The lowest BCUT2D eigenvalue weighted by Crippen LogP contribution is -2.27. The molecule has 5 nitrogen and oxygen atoms in total. The molecule has 2 aromatic rings. The highest BCUT2D eigenvalue weighted by Gasteiger charge is 2.19. The molecule has 1 aliphatic rings. The number of hydrogen-bond acceptors (Lipinski definition) is 3. The summed E-state index contributed by atoms with van der Waals surface area (Å²) in [7, 11) is 0. The van der Waals surface area contributed by atoms with E-state index in [1.807, 2.05) is 30.0 Å². The number of carbonyl (C=O) groups is 2. The molecule has 1 saturated heterocycles. The summed E-state index contributed by atoms with van der Waals surface area (Å²) in [6.07, 6.45) is 2.13. The molecule has 0 radical (unpaired) electrons. The monoisotopic (exact) mass is 416 g/mol. The van der Waals surface area contributed by atoms with Gasteiger partial charge in [0, 0.05) is 28.8 Å². The van der Waals surface area contributed by atoms with Gasteiger partial charge in [-0.2, -0.15) is 0 Å². The van der Waals surface area contributed by atoms with Crippen LogP contribution in [0.4, 0.5) is 5.69 Å². The van der Waals surface area contributed by atoms with E-state index in [9.17, 15) is 9.59 Å². The van der Waals surface area contributed by atoms with E-state index >= 15 is 0 Å². The third-order valence-electron chi connectivity index (χ3n) is 4.30. The molecule has 0 aromatic heterocycles. The van der Waals surface area contributed by atoms with Crippen molar-refractivity contribution in [3.8, 4) is 5.75 Å². The molecule has 0 aliphatic carbocycles. The maximum absolute atomic E-state index is 12.3. The van der Waals surface area contributed by atoms with Gasteiger partial charge in [-0.25, -0.2) is 0 Å². The van der Waals surface area contributed by atoms with Crippen molar-refractivity contribution in [3.63, 3.8) is 0 Å². The maximum Gasteiger partial charge on any atom is 0.262 e. The Bertz CT molecular complexity index is 799. The van der Waals surface area contributed by atoms with Crippen molar-refractivity contribution in [2.75, 3.05) is 25.0 Å². The second-order valence-electron chi connectivity index (χ2n) is 6.32. The summed E-state index contributed by atoms with van der Waals surface area (Å²) < 4.78 is 6.53. The van der Waals surface area contributed by atoms with E-state index in [2.05, 4.69) is 21.2 Å². The molecule has 2 aromatic carbocycles. The van der Waals surface area contributed by atoms with Gasteiger partial charge in [0.05, 0.1) is 0 Å². The van der Waals surface area contributed by atoms with E-state index in [1.54, 1.807) is 24.3 Å². The number of carbonyl (C=O) groups excluding carboxylic acids is 2. The van der Waals surface area contributed by atoms with Crippen molar-refractivity contribution < 1.29 is 14.3 Å². The zero-order chi connectivity index (χ0) is 18.5. The normalized spacial score (nSPS) is 13.5. The smallest absolute Gasteiger partial charge is 0.262 e. The Morgan fingerprint density at radius 3 is 2.46 bits per heavy atom. The highest BCUT2D eigenvalue weighted by Crippen LogP contribution is 2.22. The second kappa shape index (κ2) is 8.36. The van der Waals surface area contributed by atoms with E-state index in [1.165, 1.54) is 0 Å². The van der Waals surface area contributed by atoms with Crippen LogP contribution in [0.3, 0.4) is 0 Å². The van der Waals surface area contributed by atoms with Crippen LogP contribution in [0.5, 0.6) is 5.75 Å². The molecule has 0 atom stereocenters. The van der Waals surface area contributed by atoms with Gasteiger partial charge in [0.25, 0.3) is 11.8 Å². The number of amides is 2. The molecular weight excluding hydrogens is 396 g/mol. The minimum absolute atomic E-state index is 0.0504. The minimum atomic E-state index is -0.245. The van der Waals surface area contributed by atoms with Gasteiger partial charge in [-0.05, 0) is 67.8 Å². The van der Waals surface area contributed by atoms with Crippen LogP contribution in [0.2, 0.25) is 0 Å². The molecule has 3 rings (SSSR count). The third-order valence-corrected chi connectivity index (χ3v) is 4.80. The first kappa shape index (κ1) is 18.5. The predicted octanol–water partition coefficient (Wildman–Crippen LogP) is 4.01. The van der Waals surface area contributed by atoms with Gasteiger partial charge in [-0.3, -0.25) is 9.59 Å². The molecule has 1 N–H and O–H groups in total. The zero-order valence-electron chi connectivity index (χ0n) is 14.6. The highest BCUT2D eigenvalue weighted by atomic mass is 79.9. The van der Waals surface area contributed by atoms with Gasteiger partial charge in [-0.1, -0.05) is 15.9 Å². The number of benzene rings is 2. The number of hydrogen-bond donors (Lipinski definition) is 1. The van der Waals surface area contributed by atoms with Crippen LogP contribution >= 0.6 is 15.9 Å². The van der Waals surface area contributed by atoms with Crippen LogP contribution in [0, 0.1) is 6.92 Å². The Hall–Kier alpha value is -2.34. The van der Waals surface area contributed by atoms with Crippen LogP contribution in [0.1, 0.15) is 28.8 Å². The van der Waals surface area contributed by atoms with E-state index in [0.717, 1.165) is 36.0 Å². The second-order valence-corrected chi connectivity index (χ2v) is 7.24. The lowest BCUT2D eigenvalue weighted by Gasteiger charge is -2.15. The first-order valence-electron chi connectivity index (χ1n) is 8.61. The Kier molecular flexibility index (Phi) is 5.93. The number of nitrogens with zero attached hydrogens (tertiary/aromatic N) is 1. The van der Waals surface area contributed by atoms with Crippen LogP contribution in [-0.2, 0) is 4.79 Å². The quantitative estimate of drug-likeness (QED) is 0.800. The Balaban J connectivity index is 1.53. The molecule has 6 heteroatoms. The van der Waals surface area contributed by atoms with Crippen molar-refractivity contribution in [2.24, 2.45) is 0 Å². The number of anilines is 1. The molecular formula is C20H21BrN2O3. The van der Waals surface area contributed by atoms with Crippen molar-refractivity contribution in [1.29, 1.82) is 0 Å². The number of nitrogens with one attached hydrogen (secondary N) is 1. The lowest BCUT2D eigenvalue weighted by molar-refractivity contribution is -0.118. The summed E-state index contributed by atoms with van der Waals surface area (Å²) in [5, 5.41) is 2.78. The van der Waals surface area contributed by atoms with Crippen LogP contribution < -0.4 is 10.1 Å². The van der Waals surface area contributed by atoms with Crippen LogP contribution in [-0.4, -0.2) is 36.4 Å². The van der Waals surface area contributed by atoms with Gasteiger partial charge < -0.3 is 15.0 Å². The number of likely N-dealkylation sites (tertiary alicyclic amines) is 1. The molecule has 0 unspecified atom stereocenters. The number of halogens is 1. The molecule has 1 heterocycles. The van der Waals surface area contributed by atoms with Crippen molar-refractivity contribution in [3.05, 3.63) is 58.1 Å². The molecule has 0 spiro atoms. The molecule has 136 valence electrons. The number of aryl methyl sites for hydroxylation is 1. The van der Waals surface area contributed by atoms with Crippen molar-refractivity contribution >= 4 is 33.4 Å². The predicted molar refractivity (Wildman–Crippen MR) is 105 cm³/mol. The van der Waals surface area contributed by atoms with Gasteiger partial charge in [-0.15, -0.1) is 0 Å². The fourth-order valence-electron chi connectivity index (χ4n) is 2.91. The van der Waals surface area contributed by atoms with Gasteiger partial charge >= 0.3 is 0 Å². The van der Waals surface area contributed by atoms with Gasteiger partial charge in [0.1, 0.15) is 5.75 Å². The summed E-state index contributed by atoms with van der Waals surface area (Å²) in [5.41, 5.74) is 2.24. The molecule has 2 amide bonds. The summed E-state index contributed by atoms with van der Waals surface area (Å²) >= 11 is 3.40. The number of ether oxygens (including phenoxy) is 1. The van der Waals surface area contributed by atoms with Crippen molar-refractivity contribution in [1.82, 2.24) is 4.90 Å². The van der Waals surface area contributed by atoms with E-state index < -0.39 is 0 Å². The molecule has 1 fully saturated rings. The summed E-state index contributed by atoms with van der Waals surface area (Å²) in [5.74, 6) is 0.482. The van der Waals surface area contributed by atoms with E-state index in [0.29, 0.717) is 17.0 Å². The molecule has 1 aliphatic heterocycles. The average Bonchev–Trinajstić information content (AvgIpc) is 3.16. The molecule has 0 bridgehead atoms. The minimum Gasteiger partial charge on any atom is -0.483 e. The lowest BCUT2D eigenvalue weighted by atomic mass is 10.2. The first-order valence-corrected chi connectivity index (χ1v) is 9.40. The van der Waals surface area contributed by atoms with Crippen LogP contribution in [0.25, 0.3) is 0 Å². The van der Waals surface area contributed by atoms with E-state index in [-0.39, 0.29) is 18.4 Å². The van der Waals surface area contributed by atoms with Gasteiger partial charge in [0.15, 0.2) is 6.61 Å². The summed E-state index contributed by atoms with van der Waals surface area (Å²) in [6.45, 7) is 3.50. The van der Waals surface area contributed by atoms with E-state index in [4.69, 9.17) is 4.74 Å². The SMILES string of the molecule is Cc1cc(Br)ccc1OCC(=O)Nc1ccc(C(=O)N2CCCC2)cc1.